The van der Waals surface area contributed by atoms with Crippen molar-refractivity contribution in [2.24, 2.45) is 0 Å². The molecule has 0 atom stereocenters. The number of halogens is 1. The third-order valence-corrected chi connectivity index (χ3v) is 5.95. The molecule has 4 aromatic rings. The van der Waals surface area contributed by atoms with Crippen LogP contribution in [0.4, 0.5) is 11.4 Å². The van der Waals surface area contributed by atoms with Crippen LogP contribution in [-0.2, 0) is 0 Å². The van der Waals surface area contributed by atoms with Crippen molar-refractivity contribution in [3.05, 3.63) is 75.6 Å². The number of pyridine rings is 1. The Hall–Kier alpha value is -2.89. The summed E-state index contributed by atoms with van der Waals surface area (Å²) >= 11 is 7.26. The highest BCUT2D eigenvalue weighted by atomic mass is 35.5. The van der Waals surface area contributed by atoms with Gasteiger partial charge in [-0.3, -0.25) is 4.79 Å². The van der Waals surface area contributed by atoms with E-state index in [1.807, 2.05) is 68.4 Å². The number of carbonyl (C=O) groups is 1. The number of aryl methyl sites for hydroxylation is 2. The summed E-state index contributed by atoms with van der Waals surface area (Å²) in [7, 11) is 0. The molecule has 140 valence electrons. The second kappa shape index (κ2) is 7.26. The minimum absolute atomic E-state index is 0.220. The van der Waals surface area contributed by atoms with Gasteiger partial charge in [-0.1, -0.05) is 35.9 Å². The van der Waals surface area contributed by atoms with Gasteiger partial charge in [0.2, 0.25) is 0 Å². The summed E-state index contributed by atoms with van der Waals surface area (Å²) in [5.41, 5.74) is 11.4. The Kier molecular flexibility index (Phi) is 4.79. The van der Waals surface area contributed by atoms with Crippen LogP contribution >= 0.6 is 22.9 Å². The molecule has 3 N–H and O–H groups in total. The monoisotopic (exact) mass is 407 g/mol. The van der Waals surface area contributed by atoms with E-state index in [4.69, 9.17) is 22.3 Å². The van der Waals surface area contributed by atoms with Gasteiger partial charge in [0.05, 0.1) is 11.4 Å². The number of nitrogens with two attached hydrogens (primary N) is 1. The van der Waals surface area contributed by atoms with E-state index in [9.17, 15) is 4.79 Å². The number of carbonyl (C=O) groups excluding carboxylic acids is 1. The Balaban J connectivity index is 1.69. The van der Waals surface area contributed by atoms with Crippen LogP contribution in [0.1, 0.15) is 20.8 Å². The molecule has 0 unspecified atom stereocenters. The summed E-state index contributed by atoms with van der Waals surface area (Å²) in [5, 5.41) is 4.43. The van der Waals surface area contributed by atoms with Crippen molar-refractivity contribution in [1.82, 2.24) is 4.98 Å². The van der Waals surface area contributed by atoms with Crippen molar-refractivity contribution < 1.29 is 4.79 Å². The largest absolute Gasteiger partial charge is 0.397 e. The Bertz CT molecular complexity index is 1200. The number of thiophene rings is 1. The Morgan fingerprint density at radius 1 is 1.07 bits per heavy atom. The van der Waals surface area contributed by atoms with Crippen molar-refractivity contribution >= 4 is 50.4 Å². The third kappa shape index (κ3) is 3.46. The molecule has 0 fully saturated rings. The fraction of sp³-hybridized carbons (Fsp3) is 0.0909. The first-order valence-corrected chi connectivity index (χ1v) is 9.95. The van der Waals surface area contributed by atoms with E-state index in [2.05, 4.69) is 5.32 Å². The zero-order valence-corrected chi connectivity index (χ0v) is 17.0. The van der Waals surface area contributed by atoms with E-state index >= 15 is 0 Å². The molecular weight excluding hydrogens is 390 g/mol. The van der Waals surface area contributed by atoms with Crippen LogP contribution in [0.15, 0.2) is 54.6 Å². The van der Waals surface area contributed by atoms with E-state index in [1.54, 1.807) is 0 Å². The third-order valence-electron chi connectivity index (χ3n) is 4.58. The summed E-state index contributed by atoms with van der Waals surface area (Å²) in [5.74, 6) is -0.220. The van der Waals surface area contributed by atoms with Gasteiger partial charge in [-0.2, -0.15) is 0 Å². The molecule has 4 rings (SSSR count). The van der Waals surface area contributed by atoms with Crippen LogP contribution in [0.3, 0.4) is 0 Å². The van der Waals surface area contributed by atoms with Gasteiger partial charge in [0, 0.05) is 21.7 Å². The van der Waals surface area contributed by atoms with Crippen LogP contribution < -0.4 is 11.1 Å². The highest BCUT2D eigenvalue weighted by molar-refractivity contribution is 7.21. The fourth-order valence-corrected chi connectivity index (χ4v) is 4.11. The van der Waals surface area contributed by atoms with E-state index < -0.39 is 0 Å². The van der Waals surface area contributed by atoms with Gasteiger partial charge in [-0.05, 0) is 55.3 Å². The minimum atomic E-state index is -0.220. The number of fused-ring (bicyclic) bond motifs is 1. The summed E-state index contributed by atoms with van der Waals surface area (Å²) in [6.45, 7) is 3.95. The van der Waals surface area contributed by atoms with E-state index in [1.165, 1.54) is 11.3 Å². The van der Waals surface area contributed by atoms with Gasteiger partial charge < -0.3 is 11.1 Å². The van der Waals surface area contributed by atoms with Crippen LogP contribution in [0.5, 0.6) is 0 Å². The summed E-state index contributed by atoms with van der Waals surface area (Å²) in [6, 6.07) is 17.3. The molecule has 1 amide bonds. The molecule has 2 aromatic carbocycles. The summed E-state index contributed by atoms with van der Waals surface area (Å²) in [6.07, 6.45) is 0. The molecule has 0 saturated carbocycles. The maximum Gasteiger partial charge on any atom is 0.267 e. The number of nitrogen functional groups attached to an aromatic ring is 1. The lowest BCUT2D eigenvalue weighted by molar-refractivity contribution is 0.103. The molecule has 4 nitrogen and oxygen atoms in total. The van der Waals surface area contributed by atoms with Gasteiger partial charge in [-0.15, -0.1) is 11.3 Å². The lowest BCUT2D eigenvalue weighted by Crippen LogP contribution is -2.13. The fourth-order valence-electron chi connectivity index (χ4n) is 3.00. The highest BCUT2D eigenvalue weighted by Gasteiger charge is 2.18. The molecule has 0 aliphatic carbocycles. The first-order chi connectivity index (χ1) is 13.4. The predicted molar refractivity (Wildman–Crippen MR) is 118 cm³/mol. The molecule has 0 spiro atoms. The van der Waals surface area contributed by atoms with E-state index in [-0.39, 0.29) is 5.91 Å². The quantitative estimate of drug-likeness (QED) is 0.433. The normalized spacial score (nSPS) is 11.0. The number of nitrogens with zero attached hydrogens (tertiary/aromatic N) is 1. The number of benzene rings is 2. The molecule has 0 aliphatic rings. The molecular formula is C22H18ClN3OS. The van der Waals surface area contributed by atoms with Crippen molar-refractivity contribution in [3.63, 3.8) is 0 Å². The number of rotatable bonds is 3. The second-order valence-electron chi connectivity index (χ2n) is 6.67. The average molecular weight is 408 g/mol. The molecule has 6 heteroatoms. The molecule has 0 saturated heterocycles. The lowest BCUT2D eigenvalue weighted by atomic mass is 10.1. The first-order valence-electron chi connectivity index (χ1n) is 8.76. The molecule has 0 radical (unpaired) electrons. The summed E-state index contributed by atoms with van der Waals surface area (Å²) in [4.78, 5) is 18.7. The Morgan fingerprint density at radius 3 is 2.57 bits per heavy atom. The number of aromatic nitrogens is 1. The first kappa shape index (κ1) is 18.5. The predicted octanol–water partition coefficient (Wildman–Crippen LogP) is 6.07. The highest BCUT2D eigenvalue weighted by Crippen LogP contribution is 2.35. The standard InChI is InChI=1S/C22H18ClN3OS/c1-12-3-4-13(2)18(11-12)25-21(27)20-19(24)16-9-10-17(26-22(16)28-20)14-5-7-15(23)8-6-14/h3-11H,24H2,1-2H3,(H,25,27). The Labute approximate surface area is 172 Å². The SMILES string of the molecule is Cc1ccc(C)c(NC(=O)c2sc3nc(-c4ccc(Cl)cc4)ccc3c2N)c1. The number of anilines is 2. The maximum absolute atomic E-state index is 12.8. The maximum atomic E-state index is 12.8. The van der Waals surface area contributed by atoms with Crippen LogP contribution in [0.25, 0.3) is 21.5 Å². The van der Waals surface area contributed by atoms with Gasteiger partial charge in [0.1, 0.15) is 9.71 Å². The second-order valence-corrected chi connectivity index (χ2v) is 8.11. The minimum Gasteiger partial charge on any atom is -0.397 e. The van der Waals surface area contributed by atoms with Crippen LogP contribution in [0.2, 0.25) is 5.02 Å². The molecule has 2 heterocycles. The number of hydrogen-bond donors (Lipinski definition) is 2. The smallest absolute Gasteiger partial charge is 0.267 e. The van der Waals surface area contributed by atoms with E-state index in [0.717, 1.165) is 38.3 Å². The van der Waals surface area contributed by atoms with Gasteiger partial charge in [-0.25, -0.2) is 4.98 Å². The summed E-state index contributed by atoms with van der Waals surface area (Å²) < 4.78 is 0. The van der Waals surface area contributed by atoms with Gasteiger partial charge in [0.25, 0.3) is 5.91 Å². The van der Waals surface area contributed by atoms with Crippen LogP contribution in [0, 0.1) is 13.8 Å². The van der Waals surface area contributed by atoms with Crippen LogP contribution in [-0.4, -0.2) is 10.9 Å². The van der Waals surface area contributed by atoms with E-state index in [0.29, 0.717) is 15.6 Å². The number of nitrogens with one attached hydrogen (secondary N) is 1. The van der Waals surface area contributed by atoms with Crippen molar-refractivity contribution in [2.75, 3.05) is 11.1 Å². The number of amides is 1. The zero-order chi connectivity index (χ0) is 19.8. The zero-order valence-electron chi connectivity index (χ0n) is 15.4. The Morgan fingerprint density at radius 2 is 1.82 bits per heavy atom. The van der Waals surface area contributed by atoms with Crippen molar-refractivity contribution in [1.29, 1.82) is 0 Å². The molecule has 2 aromatic heterocycles. The molecule has 0 bridgehead atoms. The van der Waals surface area contributed by atoms with Crippen molar-refractivity contribution in [2.45, 2.75) is 13.8 Å². The topological polar surface area (TPSA) is 68.0 Å². The van der Waals surface area contributed by atoms with Crippen molar-refractivity contribution in [3.8, 4) is 11.3 Å². The van der Waals surface area contributed by atoms with Gasteiger partial charge in [0.15, 0.2) is 0 Å². The average Bonchev–Trinajstić information content (AvgIpc) is 3.01. The molecule has 28 heavy (non-hydrogen) atoms. The number of hydrogen-bond acceptors (Lipinski definition) is 4. The molecule has 0 aliphatic heterocycles. The van der Waals surface area contributed by atoms with Gasteiger partial charge >= 0.3 is 0 Å². The lowest BCUT2D eigenvalue weighted by Gasteiger charge is -2.08.